The van der Waals surface area contributed by atoms with Crippen molar-refractivity contribution in [3.8, 4) is 11.5 Å². The lowest BCUT2D eigenvalue weighted by molar-refractivity contribution is -0.121. The van der Waals surface area contributed by atoms with Gasteiger partial charge in [-0.25, -0.2) is 9.98 Å². The summed E-state index contributed by atoms with van der Waals surface area (Å²) in [4.78, 5) is 22.3. The second kappa shape index (κ2) is 5.45. The number of benzene rings is 2. The lowest BCUT2D eigenvalue weighted by atomic mass is 10.1. The van der Waals surface area contributed by atoms with E-state index >= 15 is 0 Å². The molecule has 0 atom stereocenters. The third kappa shape index (κ3) is 2.40. The van der Waals surface area contributed by atoms with Crippen molar-refractivity contribution in [3.05, 3.63) is 59.8 Å². The van der Waals surface area contributed by atoms with E-state index in [4.69, 9.17) is 4.42 Å². The van der Waals surface area contributed by atoms with E-state index in [1.165, 1.54) is 0 Å². The van der Waals surface area contributed by atoms with Gasteiger partial charge in [0.05, 0.1) is 0 Å². The van der Waals surface area contributed by atoms with Crippen molar-refractivity contribution in [2.45, 2.75) is 6.92 Å². The summed E-state index contributed by atoms with van der Waals surface area (Å²) in [7, 11) is 1.72. The number of likely N-dealkylation sites (N-methyl/N-ethyl adjacent to an activating group) is 1. The molecular formula is C19H15N3O2. The minimum absolute atomic E-state index is 0.0875. The molecule has 0 bridgehead atoms. The maximum atomic E-state index is 12.0. The van der Waals surface area contributed by atoms with Gasteiger partial charge in [-0.2, -0.15) is 0 Å². The topological polar surface area (TPSA) is 58.7 Å². The number of rotatable bonds is 2. The average Bonchev–Trinajstić information content (AvgIpc) is 3.13. The maximum absolute atomic E-state index is 12.0. The second-order valence-electron chi connectivity index (χ2n) is 5.66. The molecule has 1 aliphatic heterocycles. The van der Waals surface area contributed by atoms with E-state index < -0.39 is 0 Å². The smallest absolute Gasteiger partial charge is 0.277 e. The fraction of sp³-hybridized carbons (Fsp3) is 0.105. The lowest BCUT2D eigenvalue weighted by Gasteiger charge is -2.06. The van der Waals surface area contributed by atoms with E-state index in [0.717, 1.165) is 22.2 Å². The molecule has 2 heterocycles. The summed E-state index contributed by atoms with van der Waals surface area (Å²) in [5.41, 5.74) is 3.85. The first-order chi connectivity index (χ1) is 11.6. The van der Waals surface area contributed by atoms with Gasteiger partial charge in [-0.15, -0.1) is 0 Å². The predicted octanol–water partition coefficient (Wildman–Crippen LogP) is 3.73. The third-order valence-electron chi connectivity index (χ3n) is 4.05. The molecule has 1 aromatic heterocycles. The van der Waals surface area contributed by atoms with Crippen LogP contribution < -0.4 is 0 Å². The summed E-state index contributed by atoms with van der Waals surface area (Å²) in [6.45, 7) is 1.81. The summed E-state index contributed by atoms with van der Waals surface area (Å²) >= 11 is 0. The SMILES string of the molecule is CC1=N/C(=C\c2ccc(-c3nc4ccccc4o3)cc2)C(=O)N1C. The highest BCUT2D eigenvalue weighted by Crippen LogP contribution is 2.25. The molecule has 5 heteroatoms. The van der Waals surface area contributed by atoms with Gasteiger partial charge in [-0.05, 0) is 42.8 Å². The predicted molar refractivity (Wildman–Crippen MR) is 93.3 cm³/mol. The molecule has 0 N–H and O–H groups in total. The first-order valence-corrected chi connectivity index (χ1v) is 7.63. The number of hydrogen-bond donors (Lipinski definition) is 0. The Hall–Kier alpha value is -3.21. The number of para-hydroxylation sites is 2. The zero-order valence-corrected chi connectivity index (χ0v) is 13.4. The Labute approximate surface area is 138 Å². The standard InChI is InChI=1S/C19H15N3O2/c1-12-20-16(19(23)22(12)2)11-13-7-9-14(10-8-13)18-21-15-5-3-4-6-17(15)24-18/h3-11H,1-2H3/b16-11-. The summed E-state index contributed by atoms with van der Waals surface area (Å²) < 4.78 is 5.76. The quantitative estimate of drug-likeness (QED) is 0.677. The van der Waals surface area contributed by atoms with Crippen LogP contribution in [0.25, 0.3) is 28.6 Å². The van der Waals surface area contributed by atoms with E-state index in [1.807, 2.05) is 55.5 Å². The number of aromatic nitrogens is 1. The molecule has 0 unspecified atom stereocenters. The van der Waals surface area contributed by atoms with Crippen LogP contribution in [0.4, 0.5) is 0 Å². The zero-order chi connectivity index (χ0) is 16.7. The van der Waals surface area contributed by atoms with Crippen LogP contribution in [0.2, 0.25) is 0 Å². The first-order valence-electron chi connectivity index (χ1n) is 7.63. The minimum Gasteiger partial charge on any atom is -0.436 e. The van der Waals surface area contributed by atoms with Crippen molar-refractivity contribution in [2.24, 2.45) is 4.99 Å². The van der Waals surface area contributed by atoms with Gasteiger partial charge in [0.25, 0.3) is 5.91 Å². The second-order valence-corrected chi connectivity index (χ2v) is 5.66. The lowest BCUT2D eigenvalue weighted by Crippen LogP contribution is -2.25. The van der Waals surface area contributed by atoms with Gasteiger partial charge in [0.2, 0.25) is 5.89 Å². The molecule has 0 fully saturated rings. The van der Waals surface area contributed by atoms with E-state index in [1.54, 1.807) is 18.0 Å². The molecule has 0 saturated carbocycles. The Balaban J connectivity index is 1.64. The summed E-state index contributed by atoms with van der Waals surface area (Å²) in [6, 6.07) is 15.4. The highest BCUT2D eigenvalue weighted by atomic mass is 16.3. The highest BCUT2D eigenvalue weighted by molar-refractivity contribution is 6.13. The monoisotopic (exact) mass is 317 g/mol. The van der Waals surface area contributed by atoms with Gasteiger partial charge >= 0.3 is 0 Å². The fourth-order valence-electron chi connectivity index (χ4n) is 2.59. The average molecular weight is 317 g/mol. The van der Waals surface area contributed by atoms with Crippen molar-refractivity contribution in [3.63, 3.8) is 0 Å². The number of amides is 1. The maximum Gasteiger partial charge on any atom is 0.277 e. The van der Waals surface area contributed by atoms with E-state index in [0.29, 0.717) is 17.4 Å². The fourth-order valence-corrected chi connectivity index (χ4v) is 2.59. The number of nitrogens with zero attached hydrogens (tertiary/aromatic N) is 3. The van der Waals surface area contributed by atoms with Crippen molar-refractivity contribution in [1.29, 1.82) is 0 Å². The van der Waals surface area contributed by atoms with E-state index in [9.17, 15) is 4.79 Å². The molecule has 0 spiro atoms. The Bertz CT molecular complexity index is 964. The van der Waals surface area contributed by atoms with Gasteiger partial charge in [0.1, 0.15) is 17.0 Å². The van der Waals surface area contributed by atoms with Crippen LogP contribution in [0, 0.1) is 0 Å². The van der Waals surface area contributed by atoms with E-state index in [-0.39, 0.29) is 5.91 Å². The molecule has 0 aliphatic carbocycles. The molecule has 24 heavy (non-hydrogen) atoms. The molecule has 5 nitrogen and oxygen atoms in total. The van der Waals surface area contributed by atoms with Gasteiger partial charge < -0.3 is 4.42 Å². The summed E-state index contributed by atoms with van der Waals surface area (Å²) in [5.74, 6) is 1.20. The van der Waals surface area contributed by atoms with Crippen molar-refractivity contribution in [1.82, 2.24) is 9.88 Å². The molecule has 3 aromatic rings. The number of oxazole rings is 1. The number of carbonyl (C=O) groups is 1. The molecule has 0 radical (unpaired) electrons. The summed E-state index contributed by atoms with van der Waals surface area (Å²) in [6.07, 6.45) is 1.78. The van der Waals surface area contributed by atoms with Crippen LogP contribution in [0.15, 0.2) is 63.6 Å². The van der Waals surface area contributed by atoms with Gasteiger partial charge in [0, 0.05) is 12.6 Å². The van der Waals surface area contributed by atoms with Crippen LogP contribution in [-0.2, 0) is 4.79 Å². The van der Waals surface area contributed by atoms with Crippen LogP contribution >= 0.6 is 0 Å². The van der Waals surface area contributed by atoms with Gasteiger partial charge in [0.15, 0.2) is 5.58 Å². The zero-order valence-electron chi connectivity index (χ0n) is 13.4. The Morgan fingerprint density at radius 1 is 1.08 bits per heavy atom. The number of fused-ring (bicyclic) bond motifs is 1. The Morgan fingerprint density at radius 2 is 1.83 bits per heavy atom. The number of carbonyl (C=O) groups excluding carboxylic acids is 1. The van der Waals surface area contributed by atoms with Crippen LogP contribution in [0.1, 0.15) is 12.5 Å². The van der Waals surface area contributed by atoms with Crippen LogP contribution in [0.5, 0.6) is 0 Å². The van der Waals surface area contributed by atoms with Crippen LogP contribution in [0.3, 0.4) is 0 Å². The molecule has 2 aromatic carbocycles. The number of amidine groups is 1. The number of hydrogen-bond acceptors (Lipinski definition) is 4. The molecule has 1 aliphatic rings. The highest BCUT2D eigenvalue weighted by Gasteiger charge is 2.23. The number of aliphatic imine (C=N–C) groups is 1. The van der Waals surface area contributed by atoms with Gasteiger partial charge in [-0.1, -0.05) is 24.3 Å². The molecule has 4 rings (SSSR count). The van der Waals surface area contributed by atoms with Crippen LogP contribution in [-0.4, -0.2) is 28.7 Å². The third-order valence-corrected chi connectivity index (χ3v) is 4.05. The largest absolute Gasteiger partial charge is 0.436 e. The summed E-state index contributed by atoms with van der Waals surface area (Å²) in [5, 5.41) is 0. The minimum atomic E-state index is -0.0875. The van der Waals surface area contributed by atoms with Crippen molar-refractivity contribution < 1.29 is 9.21 Å². The Morgan fingerprint density at radius 3 is 2.50 bits per heavy atom. The molecule has 118 valence electrons. The molecule has 1 amide bonds. The van der Waals surface area contributed by atoms with Crippen molar-refractivity contribution in [2.75, 3.05) is 7.05 Å². The van der Waals surface area contributed by atoms with Gasteiger partial charge in [-0.3, -0.25) is 9.69 Å². The Kier molecular flexibility index (Phi) is 3.27. The van der Waals surface area contributed by atoms with Crippen molar-refractivity contribution >= 4 is 28.9 Å². The molecular weight excluding hydrogens is 302 g/mol. The normalized spacial score (nSPS) is 16.2. The van der Waals surface area contributed by atoms with E-state index in [2.05, 4.69) is 9.98 Å². The molecule has 0 saturated heterocycles. The first kappa shape index (κ1) is 14.4.